The Bertz CT molecular complexity index is 403. The number of Topliss-reactive ketones (excluding diaryl/α,β-unsaturated/α-hetero) is 2. The second-order valence-corrected chi connectivity index (χ2v) is 6.67. The van der Waals surface area contributed by atoms with E-state index in [1.807, 2.05) is 19.1 Å². The molecule has 1 aromatic heterocycles. The average molecular weight is 347 g/mol. The van der Waals surface area contributed by atoms with Crippen molar-refractivity contribution in [3.05, 3.63) is 24.2 Å². The van der Waals surface area contributed by atoms with E-state index in [0.29, 0.717) is 18.6 Å². The van der Waals surface area contributed by atoms with Crippen LogP contribution in [-0.2, 0) is 15.3 Å². The van der Waals surface area contributed by atoms with Crippen molar-refractivity contribution in [1.82, 2.24) is 0 Å². The topological polar surface area (TPSA) is 47.3 Å². The standard InChI is InChI=1S/C14H19BrO3S/c1-3-12(15)13(17)6-7-14(10(2)16)19-9-11-5-4-8-18-11/h4-5,8,12,14H,3,6-7,9H2,1-2H3. The molecule has 0 saturated carbocycles. The van der Waals surface area contributed by atoms with Gasteiger partial charge >= 0.3 is 0 Å². The Morgan fingerprint density at radius 1 is 1.47 bits per heavy atom. The lowest BCUT2D eigenvalue weighted by Crippen LogP contribution is -2.19. The minimum atomic E-state index is -0.134. The number of hydrogen-bond donors (Lipinski definition) is 0. The first-order valence-corrected chi connectivity index (χ1v) is 8.32. The summed E-state index contributed by atoms with van der Waals surface area (Å²) in [5, 5.41) is -0.134. The second-order valence-electron chi connectivity index (χ2n) is 4.37. The fourth-order valence-electron chi connectivity index (χ4n) is 1.64. The SMILES string of the molecule is CCC(Br)C(=O)CCC(SCc1ccco1)C(C)=O. The van der Waals surface area contributed by atoms with Crippen LogP contribution in [0.1, 0.15) is 38.9 Å². The Labute approximate surface area is 126 Å². The minimum Gasteiger partial charge on any atom is -0.468 e. The Kier molecular flexibility index (Phi) is 7.46. The molecule has 1 aromatic rings. The summed E-state index contributed by atoms with van der Waals surface area (Å²) >= 11 is 4.88. The Morgan fingerprint density at radius 3 is 2.74 bits per heavy atom. The molecule has 106 valence electrons. The summed E-state index contributed by atoms with van der Waals surface area (Å²) in [5.74, 6) is 1.81. The molecule has 0 fully saturated rings. The van der Waals surface area contributed by atoms with Gasteiger partial charge in [-0.25, -0.2) is 0 Å². The number of rotatable bonds is 9. The van der Waals surface area contributed by atoms with Gasteiger partial charge in [-0.3, -0.25) is 9.59 Å². The molecule has 0 saturated heterocycles. The van der Waals surface area contributed by atoms with E-state index in [1.54, 1.807) is 13.2 Å². The van der Waals surface area contributed by atoms with E-state index >= 15 is 0 Å². The number of hydrogen-bond acceptors (Lipinski definition) is 4. The average Bonchev–Trinajstić information content (AvgIpc) is 2.90. The van der Waals surface area contributed by atoms with Crippen LogP contribution in [-0.4, -0.2) is 21.6 Å². The van der Waals surface area contributed by atoms with Crippen LogP contribution < -0.4 is 0 Å². The van der Waals surface area contributed by atoms with Gasteiger partial charge in [0.15, 0.2) is 0 Å². The fraction of sp³-hybridized carbons (Fsp3) is 0.571. The zero-order valence-corrected chi connectivity index (χ0v) is 13.6. The predicted molar refractivity (Wildman–Crippen MR) is 81.7 cm³/mol. The van der Waals surface area contributed by atoms with Gasteiger partial charge in [-0.2, -0.15) is 0 Å². The van der Waals surface area contributed by atoms with E-state index in [4.69, 9.17) is 4.42 Å². The van der Waals surface area contributed by atoms with Crippen molar-refractivity contribution < 1.29 is 14.0 Å². The third-order valence-corrected chi connectivity index (χ3v) is 5.40. The van der Waals surface area contributed by atoms with Crippen LogP contribution in [0.2, 0.25) is 0 Å². The maximum Gasteiger partial charge on any atom is 0.146 e. The summed E-state index contributed by atoms with van der Waals surface area (Å²) < 4.78 is 5.24. The van der Waals surface area contributed by atoms with Gasteiger partial charge in [-0.05, 0) is 31.9 Å². The van der Waals surface area contributed by atoms with Gasteiger partial charge in [-0.1, -0.05) is 22.9 Å². The molecule has 5 heteroatoms. The quantitative estimate of drug-likeness (QED) is 0.634. The van der Waals surface area contributed by atoms with E-state index in [0.717, 1.165) is 12.2 Å². The van der Waals surface area contributed by atoms with Crippen molar-refractivity contribution in [2.24, 2.45) is 0 Å². The monoisotopic (exact) mass is 346 g/mol. The van der Waals surface area contributed by atoms with Gasteiger partial charge in [0.2, 0.25) is 0 Å². The molecule has 0 bridgehead atoms. The van der Waals surface area contributed by atoms with Gasteiger partial charge in [0, 0.05) is 6.42 Å². The van der Waals surface area contributed by atoms with Crippen molar-refractivity contribution in [1.29, 1.82) is 0 Å². The van der Waals surface area contributed by atoms with Crippen molar-refractivity contribution >= 4 is 39.3 Å². The lowest BCUT2D eigenvalue weighted by Gasteiger charge is -2.13. The first-order chi connectivity index (χ1) is 9.04. The maximum atomic E-state index is 11.7. The number of halogens is 1. The molecule has 1 heterocycles. The Morgan fingerprint density at radius 2 is 2.21 bits per heavy atom. The van der Waals surface area contributed by atoms with Gasteiger partial charge in [0.1, 0.15) is 17.3 Å². The van der Waals surface area contributed by atoms with Crippen LogP contribution in [0.5, 0.6) is 0 Å². The van der Waals surface area contributed by atoms with Gasteiger partial charge in [0.05, 0.1) is 22.1 Å². The molecular formula is C14H19BrO3S. The largest absolute Gasteiger partial charge is 0.468 e. The van der Waals surface area contributed by atoms with E-state index in [2.05, 4.69) is 15.9 Å². The minimum absolute atomic E-state index is 0.0878. The molecule has 1 rings (SSSR count). The second kappa shape index (κ2) is 8.59. The number of ketones is 2. The van der Waals surface area contributed by atoms with Gasteiger partial charge < -0.3 is 4.42 Å². The molecule has 0 aliphatic heterocycles. The summed E-state index contributed by atoms with van der Waals surface area (Å²) in [7, 11) is 0. The number of carbonyl (C=O) groups is 2. The molecule has 2 unspecified atom stereocenters. The molecule has 0 radical (unpaired) electrons. The predicted octanol–water partition coefficient (Wildman–Crippen LogP) is 3.99. The molecule has 0 N–H and O–H groups in total. The Hall–Kier alpha value is -0.550. The van der Waals surface area contributed by atoms with Crippen molar-refractivity contribution in [3.63, 3.8) is 0 Å². The van der Waals surface area contributed by atoms with E-state index < -0.39 is 0 Å². The van der Waals surface area contributed by atoms with Crippen LogP contribution in [0.3, 0.4) is 0 Å². The highest BCUT2D eigenvalue weighted by atomic mass is 79.9. The smallest absolute Gasteiger partial charge is 0.146 e. The summed E-state index contributed by atoms with van der Waals surface area (Å²) in [4.78, 5) is 23.2. The third kappa shape index (κ3) is 5.95. The van der Waals surface area contributed by atoms with Crippen molar-refractivity contribution in [3.8, 4) is 0 Å². The molecule has 0 aliphatic carbocycles. The van der Waals surface area contributed by atoms with Gasteiger partial charge in [-0.15, -0.1) is 11.8 Å². The third-order valence-electron chi connectivity index (χ3n) is 2.82. The molecular weight excluding hydrogens is 328 g/mol. The molecule has 0 amide bonds. The number of carbonyl (C=O) groups excluding carboxylic acids is 2. The zero-order chi connectivity index (χ0) is 14.3. The molecule has 0 spiro atoms. The van der Waals surface area contributed by atoms with Crippen LogP contribution in [0.15, 0.2) is 22.8 Å². The number of thioether (sulfide) groups is 1. The van der Waals surface area contributed by atoms with Crippen molar-refractivity contribution in [2.45, 2.75) is 48.9 Å². The highest BCUT2D eigenvalue weighted by molar-refractivity contribution is 9.10. The van der Waals surface area contributed by atoms with Crippen LogP contribution in [0.4, 0.5) is 0 Å². The lowest BCUT2D eigenvalue weighted by atomic mass is 10.1. The fourth-order valence-corrected chi connectivity index (χ4v) is 2.92. The molecule has 3 nitrogen and oxygen atoms in total. The summed E-state index contributed by atoms with van der Waals surface area (Å²) in [5.41, 5.74) is 0. The van der Waals surface area contributed by atoms with Crippen LogP contribution in [0.25, 0.3) is 0 Å². The summed E-state index contributed by atoms with van der Waals surface area (Å²) in [6.45, 7) is 3.54. The van der Waals surface area contributed by atoms with Crippen LogP contribution >= 0.6 is 27.7 Å². The summed E-state index contributed by atoms with van der Waals surface area (Å²) in [6.07, 6.45) is 3.45. The zero-order valence-electron chi connectivity index (χ0n) is 11.2. The van der Waals surface area contributed by atoms with E-state index in [1.165, 1.54) is 11.8 Å². The van der Waals surface area contributed by atoms with Crippen molar-refractivity contribution in [2.75, 3.05) is 0 Å². The van der Waals surface area contributed by atoms with Crippen LogP contribution in [0, 0.1) is 0 Å². The van der Waals surface area contributed by atoms with E-state index in [-0.39, 0.29) is 21.6 Å². The van der Waals surface area contributed by atoms with E-state index in [9.17, 15) is 9.59 Å². The molecule has 0 aliphatic rings. The number of alkyl halides is 1. The normalized spacial score (nSPS) is 14.1. The lowest BCUT2D eigenvalue weighted by molar-refractivity contribution is -0.119. The highest BCUT2D eigenvalue weighted by Crippen LogP contribution is 2.23. The molecule has 19 heavy (non-hydrogen) atoms. The molecule has 0 aromatic carbocycles. The Balaban J connectivity index is 2.40. The first kappa shape index (κ1) is 16.5. The molecule has 2 atom stereocenters. The van der Waals surface area contributed by atoms with Gasteiger partial charge in [0.25, 0.3) is 0 Å². The number of furan rings is 1. The highest BCUT2D eigenvalue weighted by Gasteiger charge is 2.19. The maximum absolute atomic E-state index is 11.7. The first-order valence-electron chi connectivity index (χ1n) is 6.35. The summed E-state index contributed by atoms with van der Waals surface area (Å²) in [6, 6.07) is 3.72.